The molecule has 0 nitrogen and oxygen atoms in total. The summed E-state index contributed by atoms with van der Waals surface area (Å²) in [7, 11) is -12.4. The van der Waals surface area contributed by atoms with Crippen molar-refractivity contribution in [2.75, 3.05) is 23.1 Å². The van der Waals surface area contributed by atoms with Gasteiger partial charge in [-0.05, 0) is 142 Å². The van der Waals surface area contributed by atoms with Gasteiger partial charge in [0.15, 0.2) is 0 Å². The lowest BCUT2D eigenvalue weighted by molar-refractivity contribution is 1.06. The van der Waals surface area contributed by atoms with E-state index in [1.807, 2.05) is 0 Å². The van der Waals surface area contributed by atoms with Crippen molar-refractivity contribution in [2.45, 2.75) is 101 Å². The molecular formula is C92H104P4Si5. The van der Waals surface area contributed by atoms with Gasteiger partial charge in [0.05, 0.1) is 40.4 Å². The molecule has 0 saturated heterocycles. The van der Waals surface area contributed by atoms with Gasteiger partial charge in [0.25, 0.3) is 0 Å². The van der Waals surface area contributed by atoms with Crippen molar-refractivity contribution >= 4 is 114 Å². The van der Waals surface area contributed by atoms with Gasteiger partial charge in [-0.1, -0.05) is 440 Å². The molecule has 0 amide bonds. The van der Waals surface area contributed by atoms with Crippen LogP contribution in [0.3, 0.4) is 0 Å². The van der Waals surface area contributed by atoms with E-state index in [9.17, 15) is 0 Å². The van der Waals surface area contributed by atoms with Crippen LogP contribution in [0.25, 0.3) is 44.5 Å². The molecule has 0 aliphatic rings. The first-order chi connectivity index (χ1) is 49.0. The highest BCUT2D eigenvalue weighted by Gasteiger charge is 2.43. The van der Waals surface area contributed by atoms with Crippen LogP contribution in [0.15, 0.2) is 340 Å². The average molecular weight is 1470 g/mol. The van der Waals surface area contributed by atoms with Gasteiger partial charge >= 0.3 is 0 Å². The molecule has 0 bridgehead atoms. The first-order valence-corrected chi connectivity index (χ1v) is 59.5. The lowest BCUT2D eigenvalue weighted by atomic mass is 10.1. The number of hydrogen-bond acceptors (Lipinski definition) is 0. The molecule has 12 aromatic rings. The lowest BCUT2D eigenvalue weighted by Crippen LogP contribution is -2.46. The summed E-state index contributed by atoms with van der Waals surface area (Å²) >= 11 is 0. The van der Waals surface area contributed by atoms with Gasteiger partial charge in [0, 0.05) is 0 Å². The molecule has 4 atom stereocenters. The minimum Gasteiger partial charge on any atom is -0.0691 e. The average Bonchev–Trinajstić information content (AvgIpc) is 0.866. The summed E-state index contributed by atoms with van der Waals surface area (Å²) in [5, 5.41) is 12.3. The van der Waals surface area contributed by atoms with Crippen LogP contribution in [0.2, 0.25) is 101 Å². The monoisotopic (exact) mass is 1470 g/mol. The van der Waals surface area contributed by atoms with Crippen molar-refractivity contribution in [3.63, 3.8) is 0 Å². The van der Waals surface area contributed by atoms with E-state index in [4.69, 9.17) is 0 Å². The van der Waals surface area contributed by atoms with Crippen molar-refractivity contribution in [2.24, 2.45) is 0 Å². The van der Waals surface area contributed by atoms with Crippen LogP contribution in [0.5, 0.6) is 0 Å². The molecule has 0 radical (unpaired) electrons. The Morgan fingerprint density at radius 3 is 0.525 bits per heavy atom. The Hall–Kier alpha value is -6.56. The normalized spacial score (nSPS) is 13.9. The first kappa shape index (κ1) is 74.2. The van der Waals surface area contributed by atoms with Crippen molar-refractivity contribution in [1.29, 1.82) is 0 Å². The summed E-state index contributed by atoms with van der Waals surface area (Å²) in [6, 6.07) is 142. The molecule has 101 heavy (non-hydrogen) atoms. The summed E-state index contributed by atoms with van der Waals surface area (Å²) in [6.07, 6.45) is 0. The minimum atomic E-state index is -2.16. The summed E-state index contributed by atoms with van der Waals surface area (Å²) in [5.74, 6) is 5.20. The van der Waals surface area contributed by atoms with Gasteiger partial charge in [-0.15, -0.1) is 0 Å². The Morgan fingerprint density at radius 2 is 0.337 bits per heavy atom. The molecule has 4 unspecified atom stereocenters. The second-order valence-electron chi connectivity index (χ2n) is 31.4. The predicted octanol–water partition coefficient (Wildman–Crippen LogP) is 23.6. The Morgan fingerprint density at radius 1 is 0.178 bits per heavy atom. The molecule has 0 fully saturated rings. The summed E-state index contributed by atoms with van der Waals surface area (Å²) in [4.78, 5) is 0. The summed E-state index contributed by atoms with van der Waals surface area (Å²) < 4.78 is 0. The van der Waals surface area contributed by atoms with Gasteiger partial charge < -0.3 is 0 Å². The molecule has 12 aromatic carbocycles. The van der Waals surface area contributed by atoms with E-state index >= 15 is 0 Å². The number of rotatable bonds is 32. The van der Waals surface area contributed by atoms with Crippen LogP contribution in [-0.4, -0.2) is 63.5 Å². The third-order valence-corrected chi connectivity index (χ3v) is 61.0. The fourth-order valence-corrected chi connectivity index (χ4v) is 64.1. The first-order valence-electron chi connectivity index (χ1n) is 36.9. The Bertz CT molecular complexity index is 3920. The molecule has 0 aliphatic carbocycles. The van der Waals surface area contributed by atoms with Crippen molar-refractivity contribution < 1.29 is 0 Å². The highest BCUT2D eigenvalue weighted by molar-refractivity contribution is 7.76. The van der Waals surface area contributed by atoms with Crippen LogP contribution in [-0.2, 0) is 0 Å². The predicted molar refractivity (Wildman–Crippen MR) is 472 cm³/mol. The largest absolute Gasteiger partial charge is 0.0691 e. The maximum absolute atomic E-state index is 2.83. The molecule has 0 aliphatic heterocycles. The lowest BCUT2D eigenvalue weighted by Gasteiger charge is -2.42. The fourth-order valence-electron chi connectivity index (χ4n) is 15.2. The van der Waals surface area contributed by atoms with E-state index < -0.39 is 72.1 Å². The third-order valence-electron chi connectivity index (χ3n) is 21.1. The van der Waals surface area contributed by atoms with Crippen LogP contribution >= 0.6 is 31.7 Å². The van der Waals surface area contributed by atoms with E-state index in [2.05, 4.69) is 392 Å². The van der Waals surface area contributed by atoms with Crippen molar-refractivity contribution in [1.82, 2.24) is 0 Å². The molecule has 9 heteroatoms. The summed E-state index contributed by atoms with van der Waals surface area (Å²) in [5.41, 5.74) is 11.0. The zero-order valence-corrected chi connectivity index (χ0v) is 69.7. The molecule has 0 spiro atoms. The van der Waals surface area contributed by atoms with E-state index in [1.54, 1.807) is 21.2 Å². The Balaban J connectivity index is 0.957. The van der Waals surface area contributed by atoms with Crippen LogP contribution in [0.4, 0.5) is 0 Å². The highest BCUT2D eigenvalue weighted by atomic mass is 31.1. The fraction of sp³-hybridized carbons (Fsp3) is 0.217. The minimum absolute atomic E-state index is 0.628. The smallest absolute Gasteiger partial charge is 0.0524 e. The molecule has 512 valence electrons. The topological polar surface area (TPSA) is 0 Å². The Labute approximate surface area is 617 Å². The molecule has 0 N–H and O–H groups in total. The second-order valence-corrected chi connectivity index (χ2v) is 68.2. The van der Waals surface area contributed by atoms with Crippen LogP contribution < -0.4 is 42.4 Å². The number of hydrogen-bond donors (Lipinski definition) is 0. The van der Waals surface area contributed by atoms with E-state index in [0.29, 0.717) is 0 Å². The molecule has 0 heterocycles. The van der Waals surface area contributed by atoms with Gasteiger partial charge in [0.1, 0.15) is 0 Å². The Kier molecular flexibility index (Phi) is 25.6. The van der Waals surface area contributed by atoms with Crippen molar-refractivity contribution in [3.05, 3.63) is 340 Å². The van der Waals surface area contributed by atoms with Gasteiger partial charge in [0.2, 0.25) is 0 Å². The third kappa shape index (κ3) is 20.0. The SMILES string of the molecule is C[Si](C)(CC[Si](CC[Si](C)(C)CP(c1ccccc1)c1ccccc1-c1ccccc1)(CC[Si](C)(C)CP(c1ccccc1)c1ccccc1-c1ccccc1)CC[Si](C)(C)CP(c1ccccc1)c1ccccc1-c1ccccc1)CP(c1ccccc1)c1ccccc1-c1ccccc1. The van der Waals surface area contributed by atoms with Gasteiger partial charge in [-0.2, -0.15) is 0 Å². The van der Waals surface area contributed by atoms with E-state index in [0.717, 1.165) is 0 Å². The molecule has 12 rings (SSSR count). The molecule has 0 saturated carbocycles. The molecule has 0 aromatic heterocycles. The van der Waals surface area contributed by atoms with Crippen LogP contribution in [0.1, 0.15) is 0 Å². The zero-order valence-electron chi connectivity index (χ0n) is 61.1. The van der Waals surface area contributed by atoms with Gasteiger partial charge in [-0.3, -0.25) is 0 Å². The maximum Gasteiger partial charge on any atom is 0.0524 e. The zero-order chi connectivity index (χ0) is 70.1. The highest BCUT2D eigenvalue weighted by Crippen LogP contribution is 2.50. The maximum atomic E-state index is 2.83. The summed E-state index contributed by atoms with van der Waals surface area (Å²) in [6.45, 7) is 22.6. The van der Waals surface area contributed by atoms with Crippen LogP contribution in [0, 0.1) is 0 Å². The van der Waals surface area contributed by atoms with Gasteiger partial charge in [-0.25, -0.2) is 0 Å². The standard InChI is InChI=1S/C92H104P4Si5/c1-97(2,73-93(81-49-25-13-26-50-81)89-61-37-33-57-85(89)77-41-17-9-18-42-77)65-69-101(70-66-98(3,4)74-94(82-51-27-14-28-52-82)90-62-38-34-58-86(90)78-43-19-10-20-44-78,71-67-99(5,6)75-95(83-53-29-15-30-54-83)91-63-39-35-59-87(91)79-45-21-11-22-46-79)72-68-100(7,8)76-96(84-55-31-16-32-56-84)92-64-40-36-60-88(92)80-47-23-12-24-48-80/h9-64H,65-76H2,1-8H3. The van der Waals surface area contributed by atoms with E-state index in [1.165, 1.54) is 137 Å². The molecular weight excluding hydrogens is 1370 g/mol. The van der Waals surface area contributed by atoms with E-state index in [-0.39, 0.29) is 0 Å². The van der Waals surface area contributed by atoms with Crippen molar-refractivity contribution in [3.8, 4) is 44.5 Å². The number of benzene rings is 12. The quantitative estimate of drug-likeness (QED) is 0.0291. The second kappa shape index (κ2) is 34.8.